The van der Waals surface area contributed by atoms with Gasteiger partial charge in [-0.15, -0.1) is 5.10 Å². The molecular weight excluding hydrogens is 972 g/mol. The van der Waals surface area contributed by atoms with E-state index in [2.05, 4.69) is 62.5 Å². The minimum absolute atomic E-state index is 0.0253. The van der Waals surface area contributed by atoms with Crippen LogP contribution in [0.25, 0.3) is 0 Å². The first-order valence-electron chi connectivity index (χ1n) is 29.9. The van der Waals surface area contributed by atoms with Crippen LogP contribution in [0.1, 0.15) is 169 Å². The highest BCUT2D eigenvalue weighted by Crippen LogP contribution is 2.70. The first-order chi connectivity index (χ1) is 35.3. The number of nitrogens with zero attached hydrogens (tertiary/aromatic N) is 4. The molecule has 8 saturated carbocycles. The number of nitrogens with one attached hydrogen (secondary N) is 2. The molecular formula is C58H99N6O10P. The summed E-state index contributed by atoms with van der Waals surface area (Å²) in [5.41, 5.74) is 0.231. The third kappa shape index (κ3) is 11.4. The molecule has 0 aliphatic heterocycles. The highest BCUT2D eigenvalue weighted by atomic mass is 31.2. The molecule has 17 heteroatoms. The third-order valence-electron chi connectivity index (χ3n) is 23.7. The normalized spacial score (nSPS) is 43.9. The summed E-state index contributed by atoms with van der Waals surface area (Å²) in [6.45, 7) is 15.6. The van der Waals surface area contributed by atoms with Crippen LogP contribution in [0.3, 0.4) is 0 Å². The third-order valence-corrected chi connectivity index (χ3v) is 24.7. The van der Waals surface area contributed by atoms with Crippen molar-refractivity contribution in [3.05, 3.63) is 11.9 Å². The highest BCUT2D eigenvalue weighted by Gasteiger charge is 2.67. The predicted molar refractivity (Wildman–Crippen MR) is 284 cm³/mol. The monoisotopic (exact) mass is 1070 g/mol. The van der Waals surface area contributed by atoms with E-state index in [0.29, 0.717) is 110 Å². The van der Waals surface area contributed by atoms with Crippen LogP contribution in [0.4, 0.5) is 0 Å². The zero-order valence-electron chi connectivity index (χ0n) is 47.3. The molecule has 426 valence electrons. The number of carbonyl (C=O) groups is 2. The molecule has 0 saturated heterocycles. The molecule has 0 aromatic carbocycles. The number of carbonyl (C=O) groups excluding carboxylic acids is 2. The summed E-state index contributed by atoms with van der Waals surface area (Å²) in [5, 5.41) is 61.2. The van der Waals surface area contributed by atoms with Gasteiger partial charge in [0, 0.05) is 19.4 Å². The highest BCUT2D eigenvalue weighted by molar-refractivity contribution is 7.45. The molecule has 2 amide bonds. The van der Waals surface area contributed by atoms with Crippen molar-refractivity contribution >= 4 is 19.6 Å². The van der Waals surface area contributed by atoms with Crippen LogP contribution in [0.2, 0.25) is 0 Å². The van der Waals surface area contributed by atoms with E-state index < -0.39 is 26.1 Å². The average molecular weight is 1070 g/mol. The molecule has 6 N–H and O–H groups in total. The van der Waals surface area contributed by atoms with Crippen molar-refractivity contribution in [1.29, 1.82) is 0 Å². The largest absolute Gasteiger partial charge is 0.756 e. The van der Waals surface area contributed by atoms with Gasteiger partial charge in [-0.1, -0.05) is 46.8 Å². The Morgan fingerprint density at radius 3 is 2.07 bits per heavy atom. The van der Waals surface area contributed by atoms with Crippen molar-refractivity contribution in [2.45, 2.75) is 207 Å². The fourth-order valence-electron chi connectivity index (χ4n) is 19.3. The molecule has 0 radical (unpaired) electrons. The molecule has 8 aliphatic rings. The molecule has 1 unspecified atom stereocenters. The second kappa shape index (κ2) is 22.1. The molecule has 1 aromatic heterocycles. The lowest BCUT2D eigenvalue weighted by Gasteiger charge is -2.63. The number of likely N-dealkylation sites (N-methyl/N-ethyl adjacent to an activating group) is 1. The van der Waals surface area contributed by atoms with Crippen molar-refractivity contribution in [3.63, 3.8) is 0 Å². The molecule has 1 aromatic rings. The van der Waals surface area contributed by atoms with Crippen molar-refractivity contribution < 1.29 is 53.0 Å². The number of aromatic nitrogens is 3. The Labute approximate surface area is 449 Å². The van der Waals surface area contributed by atoms with Crippen LogP contribution < -0.4 is 15.5 Å². The Bertz CT molecular complexity index is 2210. The van der Waals surface area contributed by atoms with Crippen molar-refractivity contribution in [1.82, 2.24) is 25.6 Å². The van der Waals surface area contributed by atoms with E-state index in [9.17, 15) is 39.5 Å². The van der Waals surface area contributed by atoms with Crippen molar-refractivity contribution in [2.24, 2.45) is 92.7 Å². The van der Waals surface area contributed by atoms with Gasteiger partial charge in [0.15, 0.2) is 0 Å². The summed E-state index contributed by atoms with van der Waals surface area (Å²) in [6, 6.07) is 0. The zero-order valence-corrected chi connectivity index (χ0v) is 48.2. The molecule has 8 aliphatic carbocycles. The molecule has 22 atom stereocenters. The van der Waals surface area contributed by atoms with E-state index >= 15 is 0 Å². The summed E-state index contributed by atoms with van der Waals surface area (Å²) < 4.78 is 26.0. The lowest BCUT2D eigenvalue weighted by atomic mass is 9.43. The van der Waals surface area contributed by atoms with Crippen molar-refractivity contribution in [3.8, 4) is 0 Å². The Kier molecular flexibility index (Phi) is 17.0. The van der Waals surface area contributed by atoms with E-state index in [1.54, 1.807) is 4.68 Å². The van der Waals surface area contributed by atoms with Gasteiger partial charge in [-0.25, -0.2) is 0 Å². The molecule has 75 heavy (non-hydrogen) atoms. The summed E-state index contributed by atoms with van der Waals surface area (Å²) in [5.74, 6) is 3.80. The summed E-state index contributed by atoms with van der Waals surface area (Å²) >= 11 is 0. The second-order valence-corrected chi connectivity index (χ2v) is 29.8. The van der Waals surface area contributed by atoms with Gasteiger partial charge < -0.3 is 49.5 Å². The summed E-state index contributed by atoms with van der Waals surface area (Å²) in [6.07, 6.45) is 15.5. The quantitative estimate of drug-likeness (QED) is 0.0608. The number of hydrogen-bond acceptors (Lipinski definition) is 12. The number of phosphoric acid groups is 1. The number of aliphatic hydroxyl groups is 4. The van der Waals surface area contributed by atoms with Gasteiger partial charge in [-0.2, -0.15) is 0 Å². The first kappa shape index (κ1) is 57.7. The minimum atomic E-state index is -4.47. The Hall–Kier alpha value is -2.01. The van der Waals surface area contributed by atoms with Crippen LogP contribution in [-0.4, -0.2) is 123 Å². The zero-order chi connectivity index (χ0) is 54.0. The van der Waals surface area contributed by atoms with Crippen LogP contribution in [-0.2, 0) is 36.3 Å². The Balaban J connectivity index is 0.682. The molecule has 0 bridgehead atoms. The molecule has 8 fully saturated rings. The predicted octanol–water partition coefficient (Wildman–Crippen LogP) is 7.01. The van der Waals surface area contributed by atoms with Crippen LogP contribution >= 0.6 is 7.82 Å². The number of aliphatic hydroxyl groups excluding tert-OH is 4. The maximum Gasteiger partial charge on any atom is 0.268 e. The molecule has 9 rings (SSSR count). The van der Waals surface area contributed by atoms with Crippen LogP contribution in [0.15, 0.2) is 6.20 Å². The standard InChI is InChI=1S/C58H99N6O10P/c1-35(43-14-16-45-42-13-12-37-28-40(65)20-22-55(37,3)47(42)31-50(67)57(43,45)5)10-18-52(69)59-24-25-63-34-39(61-62-63)33-60-53(70)19-11-36(2)44-15-17-46-54-48(32-51(68)58(44,46)6)56(4)23-21-41(29-38(56)30-49(54)66)74-75(71,72)73-27-26-64(7,8)9/h34-38,40-51,54,65-68H,10-33H2,1-9H3,(H2-,59,60,69,70,71,72)/t35-,36-,37-,38+,40-,41-,42+,43-,44-,45+,46+,47+,48+,49-,50+,51+,54+,55+,56+,57-,58-/m1/s1. The lowest BCUT2D eigenvalue weighted by Crippen LogP contribution is -2.62. The Morgan fingerprint density at radius 2 is 1.39 bits per heavy atom. The molecule has 16 nitrogen and oxygen atoms in total. The Morgan fingerprint density at radius 1 is 0.773 bits per heavy atom. The number of quaternary nitrogens is 1. The number of phosphoric ester groups is 1. The second-order valence-electron chi connectivity index (χ2n) is 28.4. The molecule has 1 heterocycles. The summed E-state index contributed by atoms with van der Waals surface area (Å²) in [4.78, 5) is 39.2. The maximum absolute atomic E-state index is 13.3. The fourth-order valence-corrected chi connectivity index (χ4v) is 20.3. The smallest absolute Gasteiger partial charge is 0.268 e. The first-order valence-corrected chi connectivity index (χ1v) is 31.3. The van der Waals surface area contributed by atoms with Gasteiger partial charge >= 0.3 is 0 Å². The number of hydrogen-bond donors (Lipinski definition) is 6. The van der Waals surface area contributed by atoms with Gasteiger partial charge in [-0.05, 0) is 202 Å². The average Bonchev–Trinajstić information content (AvgIpc) is 4.06. The van der Waals surface area contributed by atoms with Gasteiger partial charge in [0.25, 0.3) is 7.82 Å². The van der Waals surface area contributed by atoms with Crippen LogP contribution in [0, 0.1) is 92.7 Å². The van der Waals surface area contributed by atoms with Gasteiger partial charge in [0.05, 0.1) is 70.9 Å². The molecule has 0 spiro atoms. The van der Waals surface area contributed by atoms with Crippen molar-refractivity contribution in [2.75, 3.05) is 40.8 Å². The van der Waals surface area contributed by atoms with Gasteiger partial charge in [-0.3, -0.25) is 18.8 Å². The number of fused-ring (bicyclic) bond motifs is 10. The maximum atomic E-state index is 13.3. The van der Waals surface area contributed by atoms with Gasteiger partial charge in [0.1, 0.15) is 18.8 Å². The van der Waals surface area contributed by atoms with E-state index in [1.807, 2.05) is 27.3 Å². The van der Waals surface area contributed by atoms with Crippen LogP contribution in [0.5, 0.6) is 0 Å². The topological polar surface area (TPSA) is 228 Å². The fraction of sp³-hybridized carbons (Fsp3) is 0.931. The minimum Gasteiger partial charge on any atom is -0.756 e. The lowest BCUT2D eigenvalue weighted by molar-refractivity contribution is -0.870. The van der Waals surface area contributed by atoms with Gasteiger partial charge in [0.2, 0.25) is 11.8 Å². The van der Waals surface area contributed by atoms with E-state index in [0.717, 1.165) is 57.8 Å². The van der Waals surface area contributed by atoms with E-state index in [4.69, 9.17) is 9.05 Å². The van der Waals surface area contributed by atoms with E-state index in [1.165, 1.54) is 19.3 Å². The number of rotatable bonds is 19. The SMILES string of the molecule is C[C@H](CCC(=O)NCCn1cc(CNC(=O)CC[C@@H](C)[C@H]2CC[C@H]3[C@@H]4[C@H](O)C[C@@H]5C[C@H](OP(=O)([O-])OCC[N+](C)(C)C)CC[C@]5(C)[C@H]4C[C@H](O)[C@]23C)nn1)[C@H]1CC[C@H]2[C@@H]3CC[C@@H]4C[C@H](O)CC[C@]4(C)[C@H]3C[C@H](O)[C@]12C. The van der Waals surface area contributed by atoms with E-state index in [-0.39, 0.29) is 94.3 Å². The number of amides is 2. The summed E-state index contributed by atoms with van der Waals surface area (Å²) in [7, 11) is 1.46.